The highest BCUT2D eigenvalue weighted by atomic mass is 15.3. The van der Waals surface area contributed by atoms with Crippen LogP contribution in [0.5, 0.6) is 0 Å². The van der Waals surface area contributed by atoms with Crippen molar-refractivity contribution < 1.29 is 0 Å². The van der Waals surface area contributed by atoms with Gasteiger partial charge in [-0.25, -0.2) is 0 Å². The predicted molar refractivity (Wildman–Crippen MR) is 73.2 cm³/mol. The Hall–Kier alpha value is -0.830. The summed E-state index contributed by atoms with van der Waals surface area (Å²) in [4.78, 5) is 0. The molecule has 3 nitrogen and oxygen atoms in total. The second-order valence-corrected chi connectivity index (χ2v) is 5.14. The summed E-state index contributed by atoms with van der Waals surface area (Å²) >= 11 is 0. The molecule has 98 valence electrons. The van der Waals surface area contributed by atoms with Gasteiger partial charge in [-0.1, -0.05) is 19.8 Å². The number of unbranched alkanes of at least 4 members (excludes halogenated alkanes) is 1. The van der Waals surface area contributed by atoms with E-state index in [-0.39, 0.29) is 0 Å². The Morgan fingerprint density at radius 3 is 2.41 bits per heavy atom. The number of aryl methyl sites for hydroxylation is 2. The van der Waals surface area contributed by atoms with Crippen LogP contribution in [0, 0.1) is 13.8 Å². The molecule has 0 amide bonds. The van der Waals surface area contributed by atoms with E-state index in [0.29, 0.717) is 12.1 Å². The molecule has 3 heteroatoms. The van der Waals surface area contributed by atoms with Crippen molar-refractivity contribution in [1.29, 1.82) is 0 Å². The van der Waals surface area contributed by atoms with Crippen molar-refractivity contribution in [3.05, 3.63) is 17.0 Å². The van der Waals surface area contributed by atoms with E-state index in [1.54, 1.807) is 0 Å². The Morgan fingerprint density at radius 1 is 1.29 bits per heavy atom. The van der Waals surface area contributed by atoms with Gasteiger partial charge in [-0.05, 0) is 34.1 Å². The summed E-state index contributed by atoms with van der Waals surface area (Å²) < 4.78 is 1.97. The third-order valence-corrected chi connectivity index (χ3v) is 3.52. The predicted octanol–water partition coefficient (Wildman–Crippen LogP) is 3.27. The van der Waals surface area contributed by atoms with E-state index in [2.05, 4.69) is 45.0 Å². The molecule has 0 bridgehead atoms. The van der Waals surface area contributed by atoms with Gasteiger partial charge in [0.05, 0.1) is 5.69 Å². The fourth-order valence-electron chi connectivity index (χ4n) is 2.52. The van der Waals surface area contributed by atoms with Crippen molar-refractivity contribution in [3.8, 4) is 0 Å². The highest BCUT2D eigenvalue weighted by Gasteiger charge is 2.17. The minimum absolute atomic E-state index is 0.385. The summed E-state index contributed by atoms with van der Waals surface area (Å²) in [7, 11) is 2.01. The Balaban J connectivity index is 2.66. The van der Waals surface area contributed by atoms with Crippen LogP contribution in [0.3, 0.4) is 0 Å². The molecule has 0 aliphatic heterocycles. The average Bonchev–Trinajstić information content (AvgIpc) is 2.50. The van der Waals surface area contributed by atoms with Gasteiger partial charge in [0.15, 0.2) is 0 Å². The van der Waals surface area contributed by atoms with E-state index in [4.69, 9.17) is 0 Å². The van der Waals surface area contributed by atoms with E-state index in [9.17, 15) is 0 Å². The molecule has 0 radical (unpaired) electrons. The first-order valence-electron chi connectivity index (χ1n) is 6.73. The standard InChI is InChI=1S/C14H27N3/c1-7-8-9-10(2)15-11(3)14-12(4)16-17(6)13(14)5/h10-11,15H,7-9H2,1-6H3. The van der Waals surface area contributed by atoms with Crippen LogP contribution >= 0.6 is 0 Å². The van der Waals surface area contributed by atoms with Crippen LogP contribution in [0.1, 0.15) is 63.0 Å². The van der Waals surface area contributed by atoms with E-state index in [0.717, 1.165) is 5.69 Å². The molecular formula is C14H27N3. The zero-order chi connectivity index (χ0) is 13.0. The molecule has 0 aliphatic rings. The van der Waals surface area contributed by atoms with Gasteiger partial charge in [-0.15, -0.1) is 0 Å². The SMILES string of the molecule is CCCCC(C)NC(C)c1c(C)nn(C)c1C. The smallest absolute Gasteiger partial charge is 0.0644 e. The molecule has 1 rings (SSSR count). The molecule has 0 spiro atoms. The first-order valence-corrected chi connectivity index (χ1v) is 6.73. The molecule has 0 saturated carbocycles. The van der Waals surface area contributed by atoms with E-state index in [1.165, 1.54) is 30.5 Å². The van der Waals surface area contributed by atoms with Gasteiger partial charge in [0.25, 0.3) is 0 Å². The highest BCUT2D eigenvalue weighted by molar-refractivity contribution is 5.27. The summed E-state index contributed by atoms with van der Waals surface area (Å²) in [6.45, 7) is 11.0. The second-order valence-electron chi connectivity index (χ2n) is 5.14. The average molecular weight is 237 g/mol. The van der Waals surface area contributed by atoms with Gasteiger partial charge in [-0.3, -0.25) is 4.68 Å². The summed E-state index contributed by atoms with van der Waals surface area (Å²) in [6.07, 6.45) is 3.82. The summed E-state index contributed by atoms with van der Waals surface area (Å²) in [5.41, 5.74) is 3.77. The monoisotopic (exact) mass is 237 g/mol. The Kier molecular flexibility index (Phi) is 5.19. The molecular weight excluding hydrogens is 210 g/mol. The lowest BCUT2D eigenvalue weighted by Crippen LogP contribution is -2.29. The van der Waals surface area contributed by atoms with Crippen molar-refractivity contribution in [3.63, 3.8) is 0 Å². The highest BCUT2D eigenvalue weighted by Crippen LogP contribution is 2.21. The Bertz CT molecular complexity index is 355. The van der Waals surface area contributed by atoms with Crippen molar-refractivity contribution in [2.75, 3.05) is 0 Å². The maximum atomic E-state index is 4.48. The van der Waals surface area contributed by atoms with E-state index >= 15 is 0 Å². The number of nitrogens with zero attached hydrogens (tertiary/aromatic N) is 2. The normalized spacial score (nSPS) is 14.9. The lowest BCUT2D eigenvalue weighted by atomic mass is 10.0. The topological polar surface area (TPSA) is 29.9 Å². The summed E-state index contributed by atoms with van der Waals surface area (Å²) in [5, 5.41) is 8.15. The largest absolute Gasteiger partial charge is 0.308 e. The van der Waals surface area contributed by atoms with E-state index in [1.807, 2.05) is 11.7 Å². The minimum atomic E-state index is 0.385. The molecule has 0 saturated heterocycles. The number of nitrogens with one attached hydrogen (secondary N) is 1. The molecule has 1 aromatic heterocycles. The fourth-order valence-corrected chi connectivity index (χ4v) is 2.52. The first kappa shape index (κ1) is 14.2. The van der Waals surface area contributed by atoms with Gasteiger partial charge >= 0.3 is 0 Å². The summed E-state index contributed by atoms with van der Waals surface area (Å²) in [5.74, 6) is 0. The zero-order valence-corrected chi connectivity index (χ0v) is 12.2. The number of aromatic nitrogens is 2. The van der Waals surface area contributed by atoms with Crippen LogP contribution in [0.4, 0.5) is 0 Å². The van der Waals surface area contributed by atoms with Gasteiger partial charge in [0, 0.05) is 30.4 Å². The third kappa shape index (κ3) is 3.56. The fraction of sp³-hybridized carbons (Fsp3) is 0.786. The molecule has 17 heavy (non-hydrogen) atoms. The van der Waals surface area contributed by atoms with Crippen LogP contribution in [0.2, 0.25) is 0 Å². The number of hydrogen-bond acceptors (Lipinski definition) is 2. The van der Waals surface area contributed by atoms with Gasteiger partial charge in [-0.2, -0.15) is 5.10 Å². The first-order chi connectivity index (χ1) is 7.97. The molecule has 1 heterocycles. The molecule has 2 unspecified atom stereocenters. The van der Waals surface area contributed by atoms with Crippen LogP contribution < -0.4 is 5.32 Å². The second kappa shape index (κ2) is 6.20. The zero-order valence-electron chi connectivity index (χ0n) is 12.2. The molecule has 0 fully saturated rings. The quantitative estimate of drug-likeness (QED) is 0.823. The van der Waals surface area contributed by atoms with Crippen molar-refractivity contribution in [1.82, 2.24) is 15.1 Å². The lowest BCUT2D eigenvalue weighted by Gasteiger charge is -2.20. The van der Waals surface area contributed by atoms with Gasteiger partial charge < -0.3 is 5.32 Å². The number of hydrogen-bond donors (Lipinski definition) is 1. The lowest BCUT2D eigenvalue weighted by molar-refractivity contribution is 0.442. The molecule has 2 atom stereocenters. The Morgan fingerprint density at radius 2 is 1.94 bits per heavy atom. The maximum absolute atomic E-state index is 4.48. The third-order valence-electron chi connectivity index (χ3n) is 3.52. The molecule has 0 aromatic carbocycles. The number of rotatable bonds is 6. The maximum Gasteiger partial charge on any atom is 0.0644 e. The van der Waals surface area contributed by atoms with Crippen LogP contribution in [0.25, 0.3) is 0 Å². The molecule has 1 N–H and O–H groups in total. The van der Waals surface area contributed by atoms with Crippen molar-refractivity contribution >= 4 is 0 Å². The van der Waals surface area contributed by atoms with Crippen LogP contribution in [0.15, 0.2) is 0 Å². The van der Waals surface area contributed by atoms with Crippen molar-refractivity contribution in [2.24, 2.45) is 7.05 Å². The minimum Gasteiger partial charge on any atom is -0.308 e. The van der Waals surface area contributed by atoms with E-state index < -0.39 is 0 Å². The Labute approximate surface area is 106 Å². The van der Waals surface area contributed by atoms with Gasteiger partial charge in [0.1, 0.15) is 0 Å². The molecule has 1 aromatic rings. The molecule has 0 aliphatic carbocycles. The van der Waals surface area contributed by atoms with Crippen molar-refractivity contribution in [2.45, 2.75) is 66.0 Å². The van der Waals surface area contributed by atoms with Gasteiger partial charge in [0.2, 0.25) is 0 Å². The van der Waals surface area contributed by atoms with Crippen LogP contribution in [-0.4, -0.2) is 15.8 Å². The summed E-state index contributed by atoms with van der Waals surface area (Å²) in [6, 6.07) is 0.958. The van der Waals surface area contributed by atoms with Crippen LogP contribution in [-0.2, 0) is 7.05 Å².